The molecule has 7 nitrogen and oxygen atoms in total. The summed E-state index contributed by atoms with van der Waals surface area (Å²) in [6.45, 7) is 7.05. The fourth-order valence-electron chi connectivity index (χ4n) is 4.09. The van der Waals surface area contributed by atoms with Crippen molar-refractivity contribution in [1.29, 1.82) is 0 Å². The highest BCUT2D eigenvalue weighted by Crippen LogP contribution is 2.19. The van der Waals surface area contributed by atoms with Crippen molar-refractivity contribution in [1.82, 2.24) is 14.7 Å². The Hall–Kier alpha value is -2.84. The largest absolute Gasteiger partial charge is 0.496 e. The standard InChI is InChI=1S/C28H37BrN4O3/c1-3-4-11-27(34)32(16-7-9-23-8-5-6-10-26(23)36-2)20-17-31-18-21-33(22-19-31)28(35)30-25-14-12-24(29)13-15-25/h5-10,12-15H,3-4,11,16-22H2,1-2H3,(H,30,35)/b9-7+. The van der Waals surface area contributed by atoms with Crippen LogP contribution < -0.4 is 10.1 Å². The first-order valence-corrected chi connectivity index (χ1v) is 13.4. The van der Waals surface area contributed by atoms with Crippen molar-refractivity contribution in [2.45, 2.75) is 26.2 Å². The van der Waals surface area contributed by atoms with Crippen molar-refractivity contribution in [3.05, 3.63) is 64.6 Å². The Morgan fingerprint density at radius 2 is 1.81 bits per heavy atom. The number of carbonyl (C=O) groups is 2. The van der Waals surface area contributed by atoms with E-state index in [1.165, 1.54) is 0 Å². The topological polar surface area (TPSA) is 65.1 Å². The van der Waals surface area contributed by atoms with E-state index in [1.807, 2.05) is 70.5 Å². The molecule has 0 atom stereocenters. The Morgan fingerprint density at radius 1 is 1.08 bits per heavy atom. The second-order valence-electron chi connectivity index (χ2n) is 8.85. The molecule has 1 fully saturated rings. The summed E-state index contributed by atoms with van der Waals surface area (Å²) in [4.78, 5) is 31.6. The van der Waals surface area contributed by atoms with Crippen molar-refractivity contribution in [3.63, 3.8) is 0 Å². The molecule has 1 saturated heterocycles. The number of amides is 3. The first-order valence-electron chi connectivity index (χ1n) is 12.6. The summed E-state index contributed by atoms with van der Waals surface area (Å²) in [5.41, 5.74) is 1.78. The molecule has 0 bridgehead atoms. The number of urea groups is 1. The predicted octanol–water partition coefficient (Wildman–Crippen LogP) is 5.34. The van der Waals surface area contributed by atoms with Gasteiger partial charge in [0.05, 0.1) is 7.11 Å². The molecule has 0 radical (unpaired) electrons. The van der Waals surface area contributed by atoms with Gasteiger partial charge in [-0.1, -0.05) is 59.6 Å². The second-order valence-corrected chi connectivity index (χ2v) is 9.77. The maximum atomic E-state index is 12.9. The van der Waals surface area contributed by atoms with Crippen LogP contribution in [0.5, 0.6) is 5.75 Å². The summed E-state index contributed by atoms with van der Waals surface area (Å²) in [5.74, 6) is 1.01. The number of carbonyl (C=O) groups excluding carboxylic acids is 2. The number of unbranched alkanes of at least 4 members (excludes halogenated alkanes) is 1. The lowest BCUT2D eigenvalue weighted by atomic mass is 10.2. The minimum absolute atomic E-state index is 0.0742. The fourth-order valence-corrected chi connectivity index (χ4v) is 4.35. The van der Waals surface area contributed by atoms with Crippen molar-refractivity contribution in [2.24, 2.45) is 0 Å². The van der Waals surface area contributed by atoms with E-state index >= 15 is 0 Å². The zero-order valence-electron chi connectivity index (χ0n) is 21.3. The molecule has 0 saturated carbocycles. The number of nitrogens with zero attached hydrogens (tertiary/aromatic N) is 3. The van der Waals surface area contributed by atoms with Crippen molar-refractivity contribution >= 4 is 39.6 Å². The first-order chi connectivity index (χ1) is 17.5. The Labute approximate surface area is 223 Å². The van der Waals surface area contributed by atoms with E-state index in [9.17, 15) is 9.59 Å². The number of methoxy groups -OCH3 is 1. The number of hydrogen-bond acceptors (Lipinski definition) is 4. The number of benzene rings is 2. The van der Waals surface area contributed by atoms with Crippen molar-refractivity contribution in [3.8, 4) is 5.75 Å². The van der Waals surface area contributed by atoms with Crippen LogP contribution in [0.4, 0.5) is 10.5 Å². The molecule has 1 N–H and O–H groups in total. The number of halogens is 1. The van der Waals surface area contributed by atoms with Gasteiger partial charge in [-0.3, -0.25) is 9.69 Å². The number of anilines is 1. The molecule has 2 aromatic carbocycles. The lowest BCUT2D eigenvalue weighted by Crippen LogP contribution is -2.51. The highest BCUT2D eigenvalue weighted by molar-refractivity contribution is 9.10. The van der Waals surface area contributed by atoms with Crippen LogP contribution in [0.2, 0.25) is 0 Å². The Balaban J connectivity index is 1.49. The number of para-hydroxylation sites is 1. The maximum Gasteiger partial charge on any atom is 0.321 e. The molecule has 0 aromatic heterocycles. The summed E-state index contributed by atoms with van der Waals surface area (Å²) in [6, 6.07) is 15.4. The molecule has 2 aromatic rings. The van der Waals surface area contributed by atoms with Crippen LogP contribution in [0.1, 0.15) is 31.7 Å². The van der Waals surface area contributed by atoms with E-state index in [1.54, 1.807) is 7.11 Å². The van der Waals surface area contributed by atoms with E-state index in [0.29, 0.717) is 32.6 Å². The molecule has 0 spiro atoms. The molecule has 8 heteroatoms. The Bertz CT molecular complexity index is 1000. The molecule has 3 rings (SSSR count). The predicted molar refractivity (Wildman–Crippen MR) is 149 cm³/mol. The number of piperazine rings is 1. The Kier molecular flexibility index (Phi) is 11.3. The smallest absolute Gasteiger partial charge is 0.321 e. The van der Waals surface area contributed by atoms with Crippen molar-refractivity contribution < 1.29 is 14.3 Å². The van der Waals surface area contributed by atoms with Crippen LogP contribution in [-0.2, 0) is 4.79 Å². The molecule has 0 aliphatic carbocycles. The monoisotopic (exact) mass is 556 g/mol. The molecular formula is C28H37BrN4O3. The van der Waals surface area contributed by atoms with Gasteiger partial charge in [0.25, 0.3) is 0 Å². The molecule has 36 heavy (non-hydrogen) atoms. The van der Waals surface area contributed by atoms with E-state index in [0.717, 1.165) is 53.9 Å². The number of hydrogen-bond donors (Lipinski definition) is 1. The summed E-state index contributed by atoms with van der Waals surface area (Å²) in [6.07, 6.45) is 6.52. The first kappa shape index (κ1) is 27.7. The molecule has 1 aliphatic heterocycles. The van der Waals surface area contributed by atoms with Gasteiger partial charge in [-0.15, -0.1) is 0 Å². The minimum atomic E-state index is -0.0742. The Morgan fingerprint density at radius 3 is 2.50 bits per heavy atom. The van der Waals surface area contributed by atoms with Gasteiger partial charge in [-0.2, -0.15) is 0 Å². The van der Waals surface area contributed by atoms with Crippen LogP contribution in [-0.4, -0.2) is 79.6 Å². The van der Waals surface area contributed by atoms with Gasteiger partial charge < -0.3 is 19.9 Å². The number of ether oxygens (including phenoxy) is 1. The molecular weight excluding hydrogens is 520 g/mol. The van der Waals surface area contributed by atoms with Gasteiger partial charge in [0.1, 0.15) is 5.75 Å². The SMILES string of the molecule is CCCCC(=O)N(C/C=C/c1ccccc1OC)CCN1CCN(C(=O)Nc2ccc(Br)cc2)CC1. The lowest BCUT2D eigenvalue weighted by Gasteiger charge is -2.35. The van der Waals surface area contributed by atoms with Crippen LogP contribution in [0.15, 0.2) is 59.1 Å². The summed E-state index contributed by atoms with van der Waals surface area (Å²) >= 11 is 3.41. The van der Waals surface area contributed by atoms with Gasteiger partial charge in [-0.05, 0) is 36.8 Å². The molecule has 1 aliphatic rings. The van der Waals surface area contributed by atoms with Crippen LogP contribution >= 0.6 is 15.9 Å². The molecule has 194 valence electrons. The third kappa shape index (κ3) is 8.68. The summed E-state index contributed by atoms with van der Waals surface area (Å²) < 4.78 is 6.40. The van der Waals surface area contributed by atoms with Crippen LogP contribution in [0, 0.1) is 0 Å². The quantitative estimate of drug-likeness (QED) is 0.405. The zero-order chi connectivity index (χ0) is 25.8. The van der Waals surface area contributed by atoms with Crippen molar-refractivity contribution in [2.75, 3.05) is 58.2 Å². The number of rotatable bonds is 11. The van der Waals surface area contributed by atoms with Crippen LogP contribution in [0.3, 0.4) is 0 Å². The number of nitrogens with one attached hydrogen (secondary N) is 1. The van der Waals surface area contributed by atoms with E-state index in [4.69, 9.17) is 4.74 Å². The second kappa shape index (κ2) is 14.7. The van der Waals surface area contributed by atoms with E-state index < -0.39 is 0 Å². The normalized spacial score (nSPS) is 14.1. The van der Waals surface area contributed by atoms with Gasteiger partial charge in [0.2, 0.25) is 5.91 Å². The third-order valence-electron chi connectivity index (χ3n) is 6.30. The van der Waals surface area contributed by atoms with Gasteiger partial charge in [0, 0.05) is 68.0 Å². The minimum Gasteiger partial charge on any atom is -0.496 e. The van der Waals surface area contributed by atoms with Crippen LogP contribution in [0.25, 0.3) is 6.08 Å². The molecule has 0 unspecified atom stereocenters. The lowest BCUT2D eigenvalue weighted by molar-refractivity contribution is -0.131. The van der Waals surface area contributed by atoms with Gasteiger partial charge in [0.15, 0.2) is 0 Å². The maximum absolute atomic E-state index is 12.9. The van der Waals surface area contributed by atoms with E-state index in [2.05, 4.69) is 33.1 Å². The van der Waals surface area contributed by atoms with E-state index in [-0.39, 0.29) is 11.9 Å². The van der Waals surface area contributed by atoms with Gasteiger partial charge in [-0.25, -0.2) is 4.79 Å². The summed E-state index contributed by atoms with van der Waals surface area (Å²) in [7, 11) is 1.66. The average molecular weight is 558 g/mol. The highest BCUT2D eigenvalue weighted by Gasteiger charge is 2.22. The fraction of sp³-hybridized carbons (Fsp3) is 0.429. The average Bonchev–Trinajstić information content (AvgIpc) is 2.91. The molecule has 3 amide bonds. The highest BCUT2D eigenvalue weighted by atomic mass is 79.9. The zero-order valence-corrected chi connectivity index (χ0v) is 22.9. The summed E-state index contributed by atoms with van der Waals surface area (Å²) in [5, 5.41) is 2.96. The van der Waals surface area contributed by atoms with Gasteiger partial charge >= 0.3 is 6.03 Å². The molecule has 1 heterocycles. The third-order valence-corrected chi connectivity index (χ3v) is 6.83.